The zero-order valence-electron chi connectivity index (χ0n) is 12.6. The van der Waals surface area contributed by atoms with Gasteiger partial charge in [-0.15, -0.1) is 11.3 Å². The number of aryl methyl sites for hydroxylation is 1. The molecule has 3 rings (SSSR count). The smallest absolute Gasteiger partial charge is 0.243 e. The summed E-state index contributed by atoms with van der Waals surface area (Å²) in [5.74, 6) is -0.373. The molecule has 1 fully saturated rings. The first-order chi connectivity index (χ1) is 11.0. The van der Waals surface area contributed by atoms with Crippen LogP contribution in [0.2, 0.25) is 0 Å². The summed E-state index contributed by atoms with van der Waals surface area (Å²) in [7, 11) is -3.67. The van der Waals surface area contributed by atoms with Gasteiger partial charge in [0, 0.05) is 17.6 Å². The fraction of sp³-hybridized carbons (Fsp3) is 0.333. The van der Waals surface area contributed by atoms with Crippen LogP contribution in [-0.2, 0) is 14.8 Å². The predicted octanol–water partition coefficient (Wildman–Crippen LogP) is 2.24. The lowest BCUT2D eigenvalue weighted by Gasteiger charge is -2.21. The van der Waals surface area contributed by atoms with Crippen molar-refractivity contribution in [3.63, 3.8) is 0 Å². The van der Waals surface area contributed by atoms with Gasteiger partial charge in [-0.3, -0.25) is 4.79 Å². The molecule has 0 aliphatic heterocycles. The van der Waals surface area contributed by atoms with Crippen LogP contribution in [0.15, 0.2) is 40.7 Å². The molecule has 1 aromatic carbocycles. The van der Waals surface area contributed by atoms with E-state index in [0.29, 0.717) is 5.13 Å². The van der Waals surface area contributed by atoms with Gasteiger partial charge in [0.2, 0.25) is 15.9 Å². The molecule has 0 saturated heterocycles. The minimum atomic E-state index is -3.67. The number of aromatic nitrogens is 1. The third-order valence-electron chi connectivity index (χ3n) is 3.56. The molecule has 0 radical (unpaired) electrons. The van der Waals surface area contributed by atoms with E-state index in [-0.39, 0.29) is 23.4 Å². The van der Waals surface area contributed by atoms with E-state index in [9.17, 15) is 13.2 Å². The number of anilines is 1. The first kappa shape index (κ1) is 16.1. The predicted molar refractivity (Wildman–Crippen MR) is 88.8 cm³/mol. The van der Waals surface area contributed by atoms with Crippen LogP contribution in [0.1, 0.15) is 18.4 Å². The summed E-state index contributed by atoms with van der Waals surface area (Å²) >= 11 is 1.30. The zero-order valence-corrected chi connectivity index (χ0v) is 14.2. The second-order valence-electron chi connectivity index (χ2n) is 5.48. The van der Waals surface area contributed by atoms with Crippen LogP contribution < -0.4 is 5.32 Å². The van der Waals surface area contributed by atoms with Crippen molar-refractivity contribution in [3.8, 4) is 0 Å². The van der Waals surface area contributed by atoms with Crippen molar-refractivity contribution in [2.75, 3.05) is 11.9 Å². The average Bonchev–Trinajstić information content (AvgIpc) is 3.22. The molecule has 8 heteroatoms. The van der Waals surface area contributed by atoms with Gasteiger partial charge >= 0.3 is 0 Å². The summed E-state index contributed by atoms with van der Waals surface area (Å²) in [6.07, 6.45) is 3.16. The molecule has 1 aromatic heterocycles. The number of carbonyl (C=O) groups is 1. The molecule has 1 amide bonds. The molecule has 0 spiro atoms. The number of hydrogen-bond donors (Lipinski definition) is 1. The number of nitrogens with zero attached hydrogens (tertiary/aromatic N) is 2. The van der Waals surface area contributed by atoms with Gasteiger partial charge in [0.05, 0.1) is 11.4 Å². The van der Waals surface area contributed by atoms with Gasteiger partial charge < -0.3 is 5.32 Å². The second-order valence-corrected chi connectivity index (χ2v) is 8.27. The van der Waals surface area contributed by atoms with E-state index in [0.717, 1.165) is 18.4 Å². The SMILES string of the molecule is Cc1ccc(S(=O)(=O)N(CC(=O)Nc2nccs2)C2CC2)cc1. The lowest BCUT2D eigenvalue weighted by molar-refractivity contribution is -0.116. The maximum Gasteiger partial charge on any atom is 0.243 e. The first-order valence-electron chi connectivity index (χ1n) is 7.24. The second kappa shape index (κ2) is 6.38. The highest BCUT2D eigenvalue weighted by Gasteiger charge is 2.39. The van der Waals surface area contributed by atoms with E-state index in [2.05, 4.69) is 10.3 Å². The number of carbonyl (C=O) groups excluding carboxylic acids is 1. The third-order valence-corrected chi connectivity index (χ3v) is 6.16. The van der Waals surface area contributed by atoms with Crippen molar-refractivity contribution in [2.24, 2.45) is 0 Å². The van der Waals surface area contributed by atoms with E-state index in [1.54, 1.807) is 35.8 Å². The normalized spacial score (nSPS) is 14.9. The van der Waals surface area contributed by atoms with Gasteiger partial charge in [0.15, 0.2) is 5.13 Å². The van der Waals surface area contributed by atoms with Crippen LogP contribution in [0, 0.1) is 6.92 Å². The van der Waals surface area contributed by atoms with Crippen molar-refractivity contribution in [3.05, 3.63) is 41.4 Å². The molecule has 1 aliphatic carbocycles. The summed E-state index contributed by atoms with van der Waals surface area (Å²) in [6.45, 7) is 1.71. The topological polar surface area (TPSA) is 79.4 Å². The van der Waals surface area contributed by atoms with E-state index >= 15 is 0 Å². The Balaban J connectivity index is 1.78. The molecule has 6 nitrogen and oxygen atoms in total. The van der Waals surface area contributed by atoms with Gasteiger partial charge in [0.25, 0.3) is 0 Å². The molecule has 1 heterocycles. The van der Waals surface area contributed by atoms with Crippen molar-refractivity contribution in [2.45, 2.75) is 30.7 Å². The molecule has 0 bridgehead atoms. The average molecular weight is 351 g/mol. The quantitative estimate of drug-likeness (QED) is 0.866. The van der Waals surface area contributed by atoms with Gasteiger partial charge in [0.1, 0.15) is 0 Å². The molecule has 122 valence electrons. The Morgan fingerprint density at radius 3 is 2.61 bits per heavy atom. The van der Waals surface area contributed by atoms with Crippen molar-refractivity contribution < 1.29 is 13.2 Å². The Labute approximate surface area is 139 Å². The Kier molecular flexibility index (Phi) is 4.47. The van der Waals surface area contributed by atoms with Gasteiger partial charge in [-0.1, -0.05) is 17.7 Å². The van der Waals surface area contributed by atoms with Crippen molar-refractivity contribution in [1.82, 2.24) is 9.29 Å². The molecule has 1 aliphatic rings. The Bertz CT molecular complexity index is 782. The minimum Gasteiger partial charge on any atom is -0.301 e. The molecule has 2 aromatic rings. The van der Waals surface area contributed by atoms with E-state index in [4.69, 9.17) is 0 Å². The number of thiazole rings is 1. The van der Waals surface area contributed by atoms with Crippen LogP contribution in [0.5, 0.6) is 0 Å². The van der Waals surface area contributed by atoms with Crippen LogP contribution in [0.25, 0.3) is 0 Å². The summed E-state index contributed by atoms with van der Waals surface area (Å²) in [5, 5.41) is 4.85. The lowest BCUT2D eigenvalue weighted by atomic mass is 10.2. The molecule has 0 atom stereocenters. The fourth-order valence-corrected chi connectivity index (χ4v) is 4.39. The van der Waals surface area contributed by atoms with E-state index in [1.807, 2.05) is 6.92 Å². The first-order valence-corrected chi connectivity index (χ1v) is 9.56. The zero-order chi connectivity index (χ0) is 16.4. The third kappa shape index (κ3) is 3.77. The van der Waals surface area contributed by atoms with Crippen LogP contribution in [0.3, 0.4) is 0 Å². The molecule has 1 N–H and O–H groups in total. The molecule has 0 unspecified atom stereocenters. The lowest BCUT2D eigenvalue weighted by Crippen LogP contribution is -2.39. The van der Waals surface area contributed by atoms with Crippen LogP contribution in [0.4, 0.5) is 5.13 Å². The van der Waals surface area contributed by atoms with Gasteiger partial charge in [-0.05, 0) is 31.9 Å². The largest absolute Gasteiger partial charge is 0.301 e. The Morgan fingerprint density at radius 1 is 1.35 bits per heavy atom. The van der Waals surface area contributed by atoms with Crippen LogP contribution >= 0.6 is 11.3 Å². The number of sulfonamides is 1. The summed E-state index contributed by atoms with van der Waals surface area (Å²) < 4.78 is 26.9. The maximum absolute atomic E-state index is 12.8. The minimum absolute atomic E-state index is 0.0941. The summed E-state index contributed by atoms with van der Waals surface area (Å²) in [4.78, 5) is 16.3. The summed E-state index contributed by atoms with van der Waals surface area (Å²) in [5.41, 5.74) is 0.989. The summed E-state index contributed by atoms with van der Waals surface area (Å²) in [6, 6.07) is 6.59. The van der Waals surface area contributed by atoms with E-state index < -0.39 is 10.0 Å². The van der Waals surface area contributed by atoms with E-state index in [1.165, 1.54) is 15.6 Å². The fourth-order valence-electron chi connectivity index (χ4n) is 2.20. The number of hydrogen-bond acceptors (Lipinski definition) is 5. The monoisotopic (exact) mass is 351 g/mol. The Hall–Kier alpha value is -1.77. The van der Waals surface area contributed by atoms with Crippen molar-refractivity contribution in [1.29, 1.82) is 0 Å². The van der Waals surface area contributed by atoms with Crippen LogP contribution in [-0.4, -0.2) is 36.2 Å². The number of rotatable bonds is 6. The highest BCUT2D eigenvalue weighted by Crippen LogP contribution is 2.32. The Morgan fingerprint density at radius 2 is 2.04 bits per heavy atom. The maximum atomic E-state index is 12.8. The number of amides is 1. The number of benzene rings is 1. The van der Waals surface area contributed by atoms with Gasteiger partial charge in [-0.25, -0.2) is 13.4 Å². The van der Waals surface area contributed by atoms with Gasteiger partial charge in [-0.2, -0.15) is 4.31 Å². The molecular formula is C15H17N3O3S2. The number of nitrogens with one attached hydrogen (secondary N) is 1. The standard InChI is InChI=1S/C15H17N3O3S2/c1-11-2-6-13(7-3-11)23(20,21)18(12-4-5-12)10-14(19)17-15-16-8-9-22-15/h2-3,6-9,12H,4-5,10H2,1H3,(H,16,17,19). The highest BCUT2D eigenvalue weighted by molar-refractivity contribution is 7.89. The molecule has 1 saturated carbocycles. The van der Waals surface area contributed by atoms with Crippen molar-refractivity contribution >= 4 is 32.4 Å². The molecule has 23 heavy (non-hydrogen) atoms. The highest BCUT2D eigenvalue weighted by atomic mass is 32.2. The molecular weight excluding hydrogens is 334 g/mol.